The topological polar surface area (TPSA) is 140 Å². The molecule has 1 aromatic carbocycles. The van der Waals surface area contributed by atoms with Gasteiger partial charge in [-0.2, -0.15) is 0 Å². The molecule has 0 heterocycles. The van der Waals surface area contributed by atoms with Crippen LogP contribution in [0.5, 0.6) is 0 Å². The van der Waals surface area contributed by atoms with Gasteiger partial charge in [0.25, 0.3) is 0 Å². The Hall–Kier alpha value is -2.94. The zero-order valence-corrected chi connectivity index (χ0v) is 19.2. The van der Waals surface area contributed by atoms with E-state index >= 15 is 0 Å². The molecule has 2 atom stereocenters. The summed E-state index contributed by atoms with van der Waals surface area (Å²) < 4.78 is 5.04. The molecule has 9 heteroatoms. The summed E-state index contributed by atoms with van der Waals surface area (Å²) in [5.74, 6) is -1.88. The lowest BCUT2D eigenvalue weighted by molar-refractivity contribution is -0.144. The molecule has 32 heavy (non-hydrogen) atoms. The van der Waals surface area contributed by atoms with Crippen molar-refractivity contribution in [1.29, 1.82) is 0 Å². The zero-order chi connectivity index (χ0) is 23.9. The third kappa shape index (κ3) is 10.9. The molecule has 0 aliphatic rings. The van der Waals surface area contributed by atoms with Crippen LogP contribution in [0.25, 0.3) is 0 Å². The Morgan fingerprint density at radius 1 is 1.00 bits per heavy atom. The summed E-state index contributed by atoms with van der Waals surface area (Å²) in [5.41, 5.74) is 6.24. The van der Waals surface area contributed by atoms with Crippen LogP contribution in [0.2, 0.25) is 0 Å². The number of hydrogen-bond acceptors (Lipinski definition) is 6. The number of esters is 1. The van der Waals surface area contributed by atoms with Gasteiger partial charge in [-0.15, -0.1) is 0 Å². The van der Waals surface area contributed by atoms with Crippen molar-refractivity contribution in [2.75, 3.05) is 19.7 Å². The van der Waals surface area contributed by atoms with Gasteiger partial charge in [-0.1, -0.05) is 57.5 Å². The summed E-state index contributed by atoms with van der Waals surface area (Å²) in [7, 11) is 0. The third-order valence-corrected chi connectivity index (χ3v) is 4.63. The minimum Gasteiger partial charge on any atom is -0.464 e. The highest BCUT2D eigenvalue weighted by atomic mass is 16.5. The summed E-state index contributed by atoms with van der Waals surface area (Å²) in [5, 5.41) is 7.85. The molecule has 5 N–H and O–H groups in total. The van der Waals surface area contributed by atoms with Gasteiger partial charge in [0, 0.05) is 6.42 Å². The van der Waals surface area contributed by atoms with Crippen molar-refractivity contribution in [3.63, 3.8) is 0 Å². The molecule has 0 bridgehead atoms. The molecule has 0 fully saturated rings. The first-order chi connectivity index (χ1) is 15.3. The Balaban J connectivity index is 2.81. The Bertz CT molecular complexity index is 739. The maximum atomic E-state index is 13.0. The monoisotopic (exact) mass is 448 g/mol. The van der Waals surface area contributed by atoms with Crippen LogP contribution in [-0.2, 0) is 30.3 Å². The lowest BCUT2D eigenvalue weighted by atomic mass is 10.0. The lowest BCUT2D eigenvalue weighted by Crippen LogP contribution is -2.55. The fourth-order valence-corrected chi connectivity index (χ4v) is 2.95. The number of nitrogens with two attached hydrogens (primary N) is 1. The third-order valence-electron chi connectivity index (χ3n) is 4.63. The van der Waals surface area contributed by atoms with Crippen molar-refractivity contribution >= 4 is 23.7 Å². The molecule has 0 aliphatic carbocycles. The number of unbranched alkanes of at least 4 members (excludes halogenated alkanes) is 1. The molecule has 1 rings (SSSR count). The molecule has 0 radical (unpaired) electrons. The van der Waals surface area contributed by atoms with Crippen LogP contribution in [0.4, 0.5) is 0 Å². The SMILES string of the molecule is CCCCOC(=O)CNC(=O)C(CC(C)C)NC(=O)C(Cc1ccccc1)NC(=O)CN. The maximum Gasteiger partial charge on any atom is 0.325 e. The van der Waals surface area contributed by atoms with E-state index in [-0.39, 0.29) is 25.4 Å². The summed E-state index contributed by atoms with van der Waals surface area (Å²) >= 11 is 0. The summed E-state index contributed by atoms with van der Waals surface area (Å²) in [6, 6.07) is 7.46. The molecule has 0 saturated carbocycles. The molecule has 0 aromatic heterocycles. The number of hydrogen-bond donors (Lipinski definition) is 4. The van der Waals surface area contributed by atoms with E-state index in [2.05, 4.69) is 16.0 Å². The average molecular weight is 449 g/mol. The van der Waals surface area contributed by atoms with Crippen molar-refractivity contribution in [3.05, 3.63) is 35.9 Å². The number of ether oxygens (including phenoxy) is 1. The quantitative estimate of drug-likeness (QED) is 0.244. The van der Waals surface area contributed by atoms with Crippen molar-refractivity contribution in [3.8, 4) is 0 Å². The second kappa shape index (κ2) is 15.0. The Morgan fingerprint density at radius 3 is 2.28 bits per heavy atom. The molecule has 1 aromatic rings. The number of benzene rings is 1. The molecule has 3 amide bonds. The second-order valence-electron chi connectivity index (χ2n) is 8.00. The Kier molecular flexibility index (Phi) is 12.7. The molecular formula is C23H36N4O5. The van der Waals surface area contributed by atoms with E-state index in [9.17, 15) is 19.2 Å². The number of amides is 3. The molecule has 0 saturated heterocycles. The highest BCUT2D eigenvalue weighted by Gasteiger charge is 2.27. The minimum atomic E-state index is -0.894. The molecule has 178 valence electrons. The van der Waals surface area contributed by atoms with Gasteiger partial charge >= 0.3 is 5.97 Å². The van der Waals surface area contributed by atoms with Gasteiger partial charge in [0.2, 0.25) is 17.7 Å². The predicted octanol–water partition coefficient (Wildman–Crippen LogP) is 0.663. The van der Waals surface area contributed by atoms with E-state index in [0.29, 0.717) is 13.0 Å². The minimum absolute atomic E-state index is 0.105. The van der Waals surface area contributed by atoms with E-state index < -0.39 is 35.8 Å². The highest BCUT2D eigenvalue weighted by Crippen LogP contribution is 2.08. The van der Waals surface area contributed by atoms with Crippen LogP contribution < -0.4 is 21.7 Å². The van der Waals surface area contributed by atoms with Gasteiger partial charge in [0.05, 0.1) is 13.2 Å². The predicted molar refractivity (Wildman–Crippen MR) is 121 cm³/mol. The van der Waals surface area contributed by atoms with Gasteiger partial charge in [-0.25, -0.2) is 0 Å². The average Bonchev–Trinajstić information content (AvgIpc) is 2.76. The first-order valence-corrected chi connectivity index (χ1v) is 11.0. The van der Waals surface area contributed by atoms with Crippen LogP contribution in [0.1, 0.15) is 45.6 Å². The fraction of sp³-hybridized carbons (Fsp3) is 0.565. The van der Waals surface area contributed by atoms with Gasteiger partial charge in [-0.05, 0) is 24.3 Å². The largest absolute Gasteiger partial charge is 0.464 e. The summed E-state index contributed by atoms with van der Waals surface area (Å²) in [4.78, 5) is 49.3. The standard InChI is InChI=1S/C23H36N4O5/c1-4-5-11-32-21(29)15-25-22(30)18(12-16(2)3)27-23(31)19(26-20(28)14-24)13-17-9-7-6-8-10-17/h6-10,16,18-19H,4-5,11-15,24H2,1-3H3,(H,25,30)(H,26,28)(H,27,31). The normalized spacial score (nSPS) is 12.5. The Labute approximate surface area is 189 Å². The molecule has 2 unspecified atom stereocenters. The summed E-state index contributed by atoms with van der Waals surface area (Å²) in [6.45, 7) is 5.60. The van der Waals surface area contributed by atoms with Crippen LogP contribution in [0.3, 0.4) is 0 Å². The van der Waals surface area contributed by atoms with Gasteiger partial charge in [0.1, 0.15) is 18.6 Å². The lowest BCUT2D eigenvalue weighted by Gasteiger charge is -2.24. The summed E-state index contributed by atoms with van der Waals surface area (Å²) in [6.07, 6.45) is 2.26. The van der Waals surface area contributed by atoms with E-state index in [1.807, 2.05) is 51.1 Å². The van der Waals surface area contributed by atoms with E-state index in [0.717, 1.165) is 18.4 Å². The van der Waals surface area contributed by atoms with Crippen LogP contribution in [0.15, 0.2) is 30.3 Å². The molecule has 0 aliphatic heterocycles. The molecule has 0 spiro atoms. The molecule has 9 nitrogen and oxygen atoms in total. The smallest absolute Gasteiger partial charge is 0.325 e. The maximum absolute atomic E-state index is 13.0. The van der Waals surface area contributed by atoms with Crippen molar-refractivity contribution in [2.24, 2.45) is 11.7 Å². The second-order valence-corrected chi connectivity index (χ2v) is 8.00. The number of rotatable bonds is 14. The van der Waals surface area contributed by atoms with Crippen LogP contribution in [0, 0.1) is 5.92 Å². The first kappa shape index (κ1) is 27.1. The molecular weight excluding hydrogens is 412 g/mol. The van der Waals surface area contributed by atoms with Crippen molar-refractivity contribution in [2.45, 2.75) is 58.5 Å². The Morgan fingerprint density at radius 2 is 1.69 bits per heavy atom. The van der Waals surface area contributed by atoms with E-state index in [4.69, 9.17) is 10.5 Å². The van der Waals surface area contributed by atoms with Crippen LogP contribution in [-0.4, -0.2) is 55.5 Å². The highest BCUT2D eigenvalue weighted by molar-refractivity contribution is 5.93. The first-order valence-electron chi connectivity index (χ1n) is 11.0. The van der Waals surface area contributed by atoms with Crippen molar-refractivity contribution in [1.82, 2.24) is 16.0 Å². The van der Waals surface area contributed by atoms with Gasteiger partial charge in [-0.3, -0.25) is 19.2 Å². The van der Waals surface area contributed by atoms with Gasteiger partial charge in [0.15, 0.2) is 0 Å². The van der Waals surface area contributed by atoms with Crippen molar-refractivity contribution < 1.29 is 23.9 Å². The van der Waals surface area contributed by atoms with E-state index in [1.54, 1.807) is 0 Å². The zero-order valence-electron chi connectivity index (χ0n) is 19.2. The van der Waals surface area contributed by atoms with E-state index in [1.165, 1.54) is 0 Å². The number of nitrogens with one attached hydrogen (secondary N) is 3. The van der Waals surface area contributed by atoms with Gasteiger partial charge < -0.3 is 26.4 Å². The van der Waals surface area contributed by atoms with Crippen LogP contribution >= 0.6 is 0 Å². The number of carbonyl (C=O) groups excluding carboxylic acids is 4. The number of carbonyl (C=O) groups is 4. The fourth-order valence-electron chi connectivity index (χ4n) is 2.95.